The van der Waals surface area contributed by atoms with Crippen molar-refractivity contribution in [3.05, 3.63) is 34.4 Å². The first kappa shape index (κ1) is 16.4. The molecule has 3 rings (SSSR count). The van der Waals surface area contributed by atoms with Gasteiger partial charge in [-0.1, -0.05) is 15.9 Å². The lowest BCUT2D eigenvalue weighted by Gasteiger charge is -2.15. The van der Waals surface area contributed by atoms with E-state index in [2.05, 4.69) is 25.8 Å². The van der Waals surface area contributed by atoms with E-state index in [-0.39, 0.29) is 11.7 Å². The van der Waals surface area contributed by atoms with Crippen LogP contribution in [0.2, 0.25) is 0 Å². The molecule has 0 spiro atoms. The Morgan fingerprint density at radius 3 is 2.87 bits per heavy atom. The molecule has 1 saturated carbocycles. The van der Waals surface area contributed by atoms with E-state index in [1.807, 2.05) is 32.3 Å². The average Bonchev–Trinajstić information content (AvgIpc) is 3.35. The molecule has 1 aromatic heterocycles. The summed E-state index contributed by atoms with van der Waals surface area (Å²) in [5.41, 5.74) is 1.48. The molecule has 0 bridgehead atoms. The Balaban J connectivity index is 1.93. The molecule has 0 amide bonds. The maximum atomic E-state index is 12.6. The molecule has 23 heavy (non-hydrogen) atoms. The van der Waals surface area contributed by atoms with Gasteiger partial charge < -0.3 is 9.64 Å². The monoisotopic (exact) mass is 376 g/mol. The first-order valence-electron chi connectivity index (χ1n) is 7.96. The number of hydrogen-bond acceptors (Lipinski definition) is 4. The van der Waals surface area contributed by atoms with Crippen molar-refractivity contribution < 1.29 is 9.53 Å². The summed E-state index contributed by atoms with van der Waals surface area (Å²) < 4.78 is 7.01. The number of ketones is 1. The van der Waals surface area contributed by atoms with E-state index < -0.39 is 0 Å². The molecule has 1 fully saturated rings. The number of carbonyl (C=O) groups excluding carboxylic acids is 1. The fraction of sp³-hybridized carbons (Fsp3) is 0.444. The standard InChI is InChI=1S/C18H21BrN2O2/c1-21(2)8-3-9-23-18-14-10-13(19)6-7-16(14)20-11-15(18)17(22)12-4-5-12/h6-7,10-12H,3-5,8-9H2,1-2H3. The van der Waals surface area contributed by atoms with Crippen LogP contribution in [0, 0.1) is 5.92 Å². The smallest absolute Gasteiger partial charge is 0.171 e. The molecular weight excluding hydrogens is 356 g/mol. The van der Waals surface area contributed by atoms with E-state index in [1.54, 1.807) is 6.20 Å². The highest BCUT2D eigenvalue weighted by Crippen LogP contribution is 2.38. The highest BCUT2D eigenvalue weighted by molar-refractivity contribution is 9.10. The van der Waals surface area contributed by atoms with Gasteiger partial charge in [-0.2, -0.15) is 0 Å². The Kier molecular flexibility index (Phi) is 4.97. The van der Waals surface area contributed by atoms with Gasteiger partial charge in [-0.25, -0.2) is 0 Å². The number of benzene rings is 1. The van der Waals surface area contributed by atoms with E-state index in [1.165, 1.54) is 0 Å². The van der Waals surface area contributed by atoms with E-state index >= 15 is 0 Å². The Bertz CT molecular complexity index is 726. The van der Waals surface area contributed by atoms with Crippen LogP contribution in [-0.2, 0) is 0 Å². The molecule has 1 aromatic carbocycles. The first-order chi connectivity index (χ1) is 11.1. The summed E-state index contributed by atoms with van der Waals surface area (Å²) in [4.78, 5) is 19.1. The van der Waals surface area contributed by atoms with Gasteiger partial charge in [0.1, 0.15) is 5.75 Å². The van der Waals surface area contributed by atoms with Crippen molar-refractivity contribution in [2.45, 2.75) is 19.3 Å². The number of Topliss-reactive ketones (excluding diaryl/α,β-unsaturated/α-hetero) is 1. The minimum atomic E-state index is 0.158. The van der Waals surface area contributed by atoms with Crippen LogP contribution in [-0.4, -0.2) is 42.9 Å². The quantitative estimate of drug-likeness (QED) is 0.542. The zero-order valence-electron chi connectivity index (χ0n) is 13.5. The summed E-state index contributed by atoms with van der Waals surface area (Å²) >= 11 is 3.50. The summed E-state index contributed by atoms with van der Waals surface area (Å²) in [5.74, 6) is 1.01. The number of halogens is 1. The van der Waals surface area contributed by atoms with Gasteiger partial charge in [0.15, 0.2) is 5.78 Å². The van der Waals surface area contributed by atoms with Crippen LogP contribution in [0.25, 0.3) is 10.9 Å². The number of fused-ring (bicyclic) bond motifs is 1. The fourth-order valence-electron chi connectivity index (χ4n) is 2.59. The van der Waals surface area contributed by atoms with Crippen molar-refractivity contribution in [1.82, 2.24) is 9.88 Å². The number of carbonyl (C=O) groups is 1. The third-order valence-corrected chi connectivity index (χ3v) is 4.48. The third-order valence-electron chi connectivity index (χ3n) is 3.99. The number of aromatic nitrogens is 1. The predicted molar refractivity (Wildman–Crippen MR) is 95.2 cm³/mol. The van der Waals surface area contributed by atoms with Crippen molar-refractivity contribution in [3.8, 4) is 5.75 Å². The van der Waals surface area contributed by atoms with Gasteiger partial charge in [-0.05, 0) is 51.6 Å². The molecule has 1 aliphatic rings. The van der Waals surface area contributed by atoms with E-state index in [0.29, 0.717) is 17.9 Å². The molecule has 5 heteroatoms. The summed E-state index contributed by atoms with van der Waals surface area (Å²) in [6.07, 6.45) is 4.56. The summed E-state index contributed by atoms with van der Waals surface area (Å²) in [6.45, 7) is 1.55. The fourth-order valence-corrected chi connectivity index (χ4v) is 2.95. The molecule has 1 heterocycles. The number of nitrogens with zero attached hydrogens (tertiary/aromatic N) is 2. The lowest BCUT2D eigenvalue weighted by atomic mass is 10.0. The van der Waals surface area contributed by atoms with Gasteiger partial charge >= 0.3 is 0 Å². The van der Waals surface area contributed by atoms with Crippen molar-refractivity contribution >= 4 is 32.6 Å². The number of ether oxygens (including phenoxy) is 1. The Labute approximate surface area is 145 Å². The molecular formula is C18H21BrN2O2. The molecule has 0 unspecified atom stereocenters. The number of pyridine rings is 1. The van der Waals surface area contributed by atoms with Crippen LogP contribution < -0.4 is 4.74 Å². The van der Waals surface area contributed by atoms with Gasteiger partial charge in [0.25, 0.3) is 0 Å². The van der Waals surface area contributed by atoms with E-state index in [4.69, 9.17) is 4.74 Å². The minimum Gasteiger partial charge on any atom is -0.492 e. The largest absolute Gasteiger partial charge is 0.492 e. The van der Waals surface area contributed by atoms with Gasteiger partial charge in [0, 0.05) is 28.5 Å². The Morgan fingerprint density at radius 1 is 1.39 bits per heavy atom. The van der Waals surface area contributed by atoms with Crippen LogP contribution in [0.3, 0.4) is 0 Å². The lowest BCUT2D eigenvalue weighted by molar-refractivity contribution is 0.0963. The van der Waals surface area contributed by atoms with Gasteiger partial charge in [0.2, 0.25) is 0 Å². The molecule has 2 aromatic rings. The molecule has 1 aliphatic carbocycles. The summed E-state index contributed by atoms with van der Waals surface area (Å²) in [5, 5.41) is 0.899. The molecule has 0 saturated heterocycles. The second-order valence-electron chi connectivity index (χ2n) is 6.31. The predicted octanol–water partition coefficient (Wildman–Crippen LogP) is 3.92. The molecule has 0 atom stereocenters. The normalized spacial score (nSPS) is 14.4. The van der Waals surface area contributed by atoms with Crippen molar-refractivity contribution in [2.24, 2.45) is 5.92 Å². The molecule has 0 aliphatic heterocycles. The summed E-state index contributed by atoms with van der Waals surface area (Å²) in [7, 11) is 4.09. The Morgan fingerprint density at radius 2 is 2.17 bits per heavy atom. The maximum absolute atomic E-state index is 12.6. The van der Waals surface area contributed by atoms with Gasteiger partial charge in [-0.15, -0.1) is 0 Å². The molecule has 0 radical (unpaired) electrons. The third kappa shape index (κ3) is 3.90. The average molecular weight is 377 g/mol. The second-order valence-corrected chi connectivity index (χ2v) is 7.22. The number of rotatable bonds is 7. The lowest BCUT2D eigenvalue weighted by Crippen LogP contribution is -2.16. The SMILES string of the molecule is CN(C)CCCOc1c(C(=O)C2CC2)cnc2ccc(Br)cc12. The topological polar surface area (TPSA) is 42.4 Å². The number of hydrogen-bond donors (Lipinski definition) is 0. The van der Waals surface area contributed by atoms with Crippen LogP contribution in [0.4, 0.5) is 0 Å². The molecule has 0 N–H and O–H groups in total. The van der Waals surface area contributed by atoms with Crippen LogP contribution >= 0.6 is 15.9 Å². The van der Waals surface area contributed by atoms with Crippen molar-refractivity contribution in [2.75, 3.05) is 27.2 Å². The first-order valence-corrected chi connectivity index (χ1v) is 8.75. The van der Waals surface area contributed by atoms with Crippen LogP contribution in [0.5, 0.6) is 5.75 Å². The van der Waals surface area contributed by atoms with E-state index in [0.717, 1.165) is 41.2 Å². The minimum absolute atomic E-state index is 0.158. The molecule has 122 valence electrons. The highest BCUT2D eigenvalue weighted by atomic mass is 79.9. The van der Waals surface area contributed by atoms with Crippen LogP contribution in [0.1, 0.15) is 29.6 Å². The van der Waals surface area contributed by atoms with E-state index in [9.17, 15) is 4.79 Å². The highest BCUT2D eigenvalue weighted by Gasteiger charge is 2.33. The van der Waals surface area contributed by atoms with Gasteiger partial charge in [-0.3, -0.25) is 9.78 Å². The van der Waals surface area contributed by atoms with Gasteiger partial charge in [0.05, 0.1) is 17.7 Å². The zero-order chi connectivity index (χ0) is 16.4. The Hall–Kier alpha value is -1.46. The maximum Gasteiger partial charge on any atom is 0.171 e. The zero-order valence-corrected chi connectivity index (χ0v) is 15.1. The molecule has 4 nitrogen and oxygen atoms in total. The van der Waals surface area contributed by atoms with Crippen molar-refractivity contribution in [1.29, 1.82) is 0 Å². The second kappa shape index (κ2) is 6.97. The summed E-state index contributed by atoms with van der Waals surface area (Å²) in [6, 6.07) is 5.87. The van der Waals surface area contributed by atoms with Crippen molar-refractivity contribution in [3.63, 3.8) is 0 Å². The van der Waals surface area contributed by atoms with Crippen LogP contribution in [0.15, 0.2) is 28.9 Å².